The normalized spacial score (nSPS) is 16.5. The van der Waals surface area contributed by atoms with Gasteiger partial charge in [-0.15, -0.1) is 0 Å². The Morgan fingerprint density at radius 3 is 2.52 bits per heavy atom. The molecular weight excluding hydrogens is 270 g/mol. The predicted octanol–water partition coefficient (Wildman–Crippen LogP) is 2.98. The van der Waals surface area contributed by atoms with Crippen LogP contribution in [0.25, 0.3) is 0 Å². The second-order valence-electron chi connectivity index (χ2n) is 5.70. The number of rotatable bonds is 5. The first-order valence-electron chi connectivity index (χ1n) is 7.15. The van der Waals surface area contributed by atoms with Crippen molar-refractivity contribution in [1.29, 1.82) is 0 Å². The van der Waals surface area contributed by atoms with Crippen LogP contribution in [0.3, 0.4) is 0 Å². The van der Waals surface area contributed by atoms with Gasteiger partial charge in [0.2, 0.25) is 5.91 Å². The lowest BCUT2D eigenvalue weighted by molar-refractivity contribution is -0.150. The molecule has 0 aliphatic heterocycles. The largest absolute Gasteiger partial charge is 0.497 e. The quantitative estimate of drug-likeness (QED) is 0.874. The molecular formula is C16H21NO4. The number of amides is 1. The van der Waals surface area contributed by atoms with Crippen molar-refractivity contribution in [3.05, 3.63) is 23.8 Å². The van der Waals surface area contributed by atoms with Gasteiger partial charge in [-0.05, 0) is 43.5 Å². The predicted molar refractivity (Wildman–Crippen MR) is 79.5 cm³/mol. The SMILES string of the molecule is COc1ccc(NC(=O)CC2(C(=O)O)CCCC2)c(C)c1. The molecule has 1 aliphatic rings. The van der Waals surface area contributed by atoms with Gasteiger partial charge in [0.25, 0.3) is 0 Å². The molecule has 0 bridgehead atoms. The van der Waals surface area contributed by atoms with Crippen molar-refractivity contribution in [2.75, 3.05) is 12.4 Å². The molecule has 2 N–H and O–H groups in total. The summed E-state index contributed by atoms with van der Waals surface area (Å²) in [7, 11) is 1.59. The topological polar surface area (TPSA) is 75.6 Å². The molecule has 0 radical (unpaired) electrons. The van der Waals surface area contributed by atoms with Crippen LogP contribution in [-0.4, -0.2) is 24.1 Å². The first-order chi connectivity index (χ1) is 9.97. The number of anilines is 1. The molecule has 0 spiro atoms. The van der Waals surface area contributed by atoms with Crippen LogP contribution in [0.5, 0.6) is 5.75 Å². The third kappa shape index (κ3) is 3.35. The Morgan fingerprint density at radius 1 is 1.33 bits per heavy atom. The summed E-state index contributed by atoms with van der Waals surface area (Å²) in [6.45, 7) is 1.88. The van der Waals surface area contributed by atoms with E-state index >= 15 is 0 Å². The van der Waals surface area contributed by atoms with Gasteiger partial charge in [-0.1, -0.05) is 12.8 Å². The van der Waals surface area contributed by atoms with E-state index in [0.29, 0.717) is 18.5 Å². The fourth-order valence-electron chi connectivity index (χ4n) is 2.92. The number of carboxylic acid groups (broad SMARTS) is 1. The Kier molecular flexibility index (Phi) is 4.50. The van der Waals surface area contributed by atoms with Crippen LogP contribution < -0.4 is 10.1 Å². The molecule has 1 amide bonds. The van der Waals surface area contributed by atoms with Gasteiger partial charge in [0.05, 0.1) is 12.5 Å². The molecule has 114 valence electrons. The molecule has 0 unspecified atom stereocenters. The van der Waals surface area contributed by atoms with Gasteiger partial charge in [0, 0.05) is 12.1 Å². The maximum atomic E-state index is 12.2. The Morgan fingerprint density at radius 2 is 2.00 bits per heavy atom. The minimum atomic E-state index is -0.884. The summed E-state index contributed by atoms with van der Waals surface area (Å²) in [6.07, 6.45) is 2.95. The highest BCUT2D eigenvalue weighted by Crippen LogP contribution is 2.41. The number of carbonyl (C=O) groups excluding carboxylic acids is 1. The number of benzene rings is 1. The molecule has 1 aromatic carbocycles. The third-order valence-electron chi connectivity index (χ3n) is 4.22. The van der Waals surface area contributed by atoms with E-state index in [1.807, 2.05) is 13.0 Å². The summed E-state index contributed by atoms with van der Waals surface area (Å²) in [5.41, 5.74) is 0.697. The van der Waals surface area contributed by atoms with Gasteiger partial charge in [0.15, 0.2) is 0 Å². The Labute approximate surface area is 124 Å². The Bertz CT molecular complexity index is 547. The van der Waals surface area contributed by atoms with Crippen LogP contribution in [-0.2, 0) is 9.59 Å². The molecule has 2 rings (SSSR count). The summed E-state index contributed by atoms with van der Waals surface area (Å²) < 4.78 is 5.12. The fourth-order valence-corrected chi connectivity index (χ4v) is 2.92. The maximum absolute atomic E-state index is 12.2. The van der Waals surface area contributed by atoms with Gasteiger partial charge in [-0.3, -0.25) is 9.59 Å². The number of hydrogen-bond acceptors (Lipinski definition) is 3. The maximum Gasteiger partial charge on any atom is 0.310 e. The van der Waals surface area contributed by atoms with Crippen molar-refractivity contribution in [3.63, 3.8) is 0 Å². The highest BCUT2D eigenvalue weighted by molar-refractivity contribution is 5.95. The molecule has 21 heavy (non-hydrogen) atoms. The lowest BCUT2D eigenvalue weighted by atomic mass is 9.82. The highest BCUT2D eigenvalue weighted by Gasteiger charge is 2.42. The van der Waals surface area contributed by atoms with E-state index in [1.54, 1.807) is 19.2 Å². The number of nitrogens with one attached hydrogen (secondary N) is 1. The van der Waals surface area contributed by atoms with E-state index < -0.39 is 11.4 Å². The molecule has 1 aromatic rings. The van der Waals surface area contributed by atoms with E-state index in [9.17, 15) is 14.7 Å². The summed E-state index contributed by atoms with van der Waals surface area (Å²) in [5, 5.41) is 12.2. The van der Waals surface area contributed by atoms with Gasteiger partial charge in [-0.2, -0.15) is 0 Å². The number of hydrogen-bond donors (Lipinski definition) is 2. The zero-order chi connectivity index (χ0) is 15.5. The van der Waals surface area contributed by atoms with Crippen molar-refractivity contribution >= 4 is 17.6 Å². The Balaban J connectivity index is 2.06. The zero-order valence-corrected chi connectivity index (χ0v) is 12.4. The average Bonchev–Trinajstić information content (AvgIpc) is 2.90. The first kappa shape index (κ1) is 15.4. The van der Waals surface area contributed by atoms with Crippen LogP contribution in [0.1, 0.15) is 37.7 Å². The summed E-state index contributed by atoms with van der Waals surface area (Å²) in [6, 6.07) is 5.37. The fraction of sp³-hybridized carbons (Fsp3) is 0.500. The number of carboxylic acids is 1. The second kappa shape index (κ2) is 6.16. The Hall–Kier alpha value is -2.04. The number of aliphatic carboxylic acids is 1. The van der Waals surface area contributed by atoms with Crippen molar-refractivity contribution in [1.82, 2.24) is 0 Å². The van der Waals surface area contributed by atoms with Gasteiger partial charge in [0.1, 0.15) is 5.75 Å². The lowest BCUT2D eigenvalue weighted by Gasteiger charge is -2.23. The van der Waals surface area contributed by atoms with E-state index in [4.69, 9.17) is 4.74 Å². The molecule has 0 heterocycles. The van der Waals surface area contributed by atoms with Crippen LogP contribution >= 0.6 is 0 Å². The number of aryl methyl sites for hydroxylation is 1. The highest BCUT2D eigenvalue weighted by atomic mass is 16.5. The van der Waals surface area contributed by atoms with Crippen LogP contribution in [0.15, 0.2) is 18.2 Å². The van der Waals surface area contributed by atoms with Crippen molar-refractivity contribution < 1.29 is 19.4 Å². The number of methoxy groups -OCH3 is 1. The molecule has 1 saturated carbocycles. The van der Waals surface area contributed by atoms with Crippen LogP contribution in [0.4, 0.5) is 5.69 Å². The van der Waals surface area contributed by atoms with E-state index in [1.165, 1.54) is 0 Å². The van der Waals surface area contributed by atoms with E-state index in [0.717, 1.165) is 24.2 Å². The lowest BCUT2D eigenvalue weighted by Crippen LogP contribution is -2.32. The minimum Gasteiger partial charge on any atom is -0.497 e. The standard InChI is InChI=1S/C16H21NO4/c1-11-9-12(21-2)5-6-13(11)17-14(18)10-16(15(19)20)7-3-4-8-16/h5-6,9H,3-4,7-8,10H2,1-2H3,(H,17,18)(H,19,20). The summed E-state index contributed by atoms with van der Waals surface area (Å²) in [5.74, 6) is -0.377. The van der Waals surface area contributed by atoms with Crippen molar-refractivity contribution in [2.45, 2.75) is 39.0 Å². The first-order valence-corrected chi connectivity index (χ1v) is 7.15. The van der Waals surface area contributed by atoms with Gasteiger partial charge in [-0.25, -0.2) is 0 Å². The van der Waals surface area contributed by atoms with Gasteiger partial charge < -0.3 is 15.2 Å². The van der Waals surface area contributed by atoms with Crippen LogP contribution in [0, 0.1) is 12.3 Å². The zero-order valence-electron chi connectivity index (χ0n) is 12.4. The van der Waals surface area contributed by atoms with Crippen molar-refractivity contribution in [3.8, 4) is 5.75 Å². The second-order valence-corrected chi connectivity index (χ2v) is 5.70. The molecule has 0 atom stereocenters. The van der Waals surface area contributed by atoms with Gasteiger partial charge >= 0.3 is 5.97 Å². The number of ether oxygens (including phenoxy) is 1. The summed E-state index contributed by atoms with van der Waals surface area (Å²) in [4.78, 5) is 23.6. The molecule has 1 fully saturated rings. The van der Waals surface area contributed by atoms with E-state index in [-0.39, 0.29) is 12.3 Å². The third-order valence-corrected chi connectivity index (χ3v) is 4.22. The minimum absolute atomic E-state index is 0.0355. The molecule has 5 heteroatoms. The molecule has 0 aromatic heterocycles. The van der Waals surface area contributed by atoms with Crippen LogP contribution in [0.2, 0.25) is 0 Å². The summed E-state index contributed by atoms with van der Waals surface area (Å²) >= 11 is 0. The molecule has 5 nitrogen and oxygen atoms in total. The number of carbonyl (C=O) groups is 2. The smallest absolute Gasteiger partial charge is 0.310 e. The molecule has 0 saturated heterocycles. The molecule has 1 aliphatic carbocycles. The monoisotopic (exact) mass is 291 g/mol. The average molecular weight is 291 g/mol. The van der Waals surface area contributed by atoms with E-state index in [2.05, 4.69) is 5.32 Å². The van der Waals surface area contributed by atoms with Crippen molar-refractivity contribution in [2.24, 2.45) is 5.41 Å².